The molecule has 0 rings (SSSR count). The van der Waals surface area contributed by atoms with Gasteiger partial charge in [0.2, 0.25) is 0 Å². The molecule has 6 heteroatoms. The van der Waals surface area contributed by atoms with Crippen LogP contribution < -0.4 is 5.64 Å². The highest BCUT2D eigenvalue weighted by Crippen LogP contribution is 1.67. The van der Waals surface area contributed by atoms with Gasteiger partial charge in [-0.05, 0) is 0 Å². The Morgan fingerprint density at radius 1 is 1.00 bits per heavy atom. The van der Waals surface area contributed by atoms with E-state index in [0.717, 1.165) is 0 Å². The number of nitrogens with one attached hydrogen (secondary N) is 1. The Bertz CT molecular complexity index is 50.5. The van der Waals surface area contributed by atoms with Gasteiger partial charge in [-0.3, -0.25) is 9.68 Å². The van der Waals surface area contributed by atoms with Crippen LogP contribution in [0.5, 0.6) is 0 Å². The van der Waals surface area contributed by atoms with Gasteiger partial charge in [-0.15, -0.1) is 17.0 Å². The van der Waals surface area contributed by atoms with Crippen LogP contribution in [0.15, 0.2) is 0 Å². The minimum Gasteiger partial charge on any atom is -0.394 e. The Labute approximate surface area is 69.6 Å². The zero-order chi connectivity index (χ0) is 6.95. The van der Waals surface area contributed by atoms with Crippen LogP contribution in [0.25, 0.3) is 0 Å². The van der Waals surface area contributed by atoms with Crippen molar-refractivity contribution in [3.63, 3.8) is 0 Å². The fourth-order valence-electron chi connectivity index (χ4n) is 0.216. The highest BCUT2D eigenvalue weighted by atomic mass is 79.9. The molecular weight excluding hydrogens is 206 g/mol. The van der Waals surface area contributed by atoms with E-state index in [1.807, 2.05) is 0 Å². The van der Waals surface area contributed by atoms with Gasteiger partial charge in [-0.1, -0.05) is 5.64 Å². The van der Waals surface area contributed by atoms with Gasteiger partial charge in [0.15, 0.2) is 0 Å². The zero-order valence-electron chi connectivity index (χ0n) is 5.45. The fourth-order valence-corrected chi connectivity index (χ4v) is 0.216. The molecule has 0 aliphatic rings. The highest BCUT2D eigenvalue weighted by molar-refractivity contribution is 8.93. The monoisotopic (exact) mass is 217 g/mol. The molecule has 0 atom stereocenters. The van der Waals surface area contributed by atoms with Crippen LogP contribution >= 0.6 is 17.0 Å². The van der Waals surface area contributed by atoms with Crippen molar-refractivity contribution in [2.24, 2.45) is 0 Å². The molecule has 10 heavy (non-hydrogen) atoms. The first kappa shape index (κ1) is 12.9. The molecule has 0 saturated heterocycles. The minimum atomic E-state index is -0.0600. The van der Waals surface area contributed by atoms with Crippen molar-refractivity contribution < 1.29 is 19.9 Å². The Kier molecular flexibility index (Phi) is 15.5. The Hall–Kier alpha value is 0.280. The molecule has 0 radical (unpaired) electrons. The van der Waals surface area contributed by atoms with E-state index in [0.29, 0.717) is 0 Å². The third kappa shape index (κ3) is 11.1. The topological polar surface area (TPSA) is 71.0 Å². The standard InChI is InChI=1S/C4H11NO4.BrH/c6-1-3-8-5-9-4-2-7;/h5-7H,1-4H2;1H. The second-order valence-corrected chi connectivity index (χ2v) is 1.23. The van der Waals surface area contributed by atoms with E-state index in [1.165, 1.54) is 0 Å². The molecule has 0 bridgehead atoms. The lowest BCUT2D eigenvalue weighted by atomic mass is 10.8. The molecular formula is C4H12BrNO4. The molecule has 0 spiro atoms. The maximum atomic E-state index is 8.15. The smallest absolute Gasteiger partial charge is 0.0940 e. The Morgan fingerprint density at radius 3 is 1.70 bits per heavy atom. The Balaban J connectivity index is 0. The van der Waals surface area contributed by atoms with Crippen LogP contribution in [-0.2, 0) is 9.68 Å². The molecule has 0 amide bonds. The van der Waals surface area contributed by atoms with E-state index < -0.39 is 0 Å². The fraction of sp³-hybridized carbons (Fsp3) is 1.00. The van der Waals surface area contributed by atoms with E-state index >= 15 is 0 Å². The summed E-state index contributed by atoms with van der Waals surface area (Å²) in [4.78, 5) is 8.90. The zero-order valence-corrected chi connectivity index (χ0v) is 7.16. The predicted molar refractivity (Wildman–Crippen MR) is 39.5 cm³/mol. The normalized spacial score (nSPS) is 9.00. The first-order valence-electron chi connectivity index (χ1n) is 2.62. The number of aliphatic hydroxyl groups is 2. The van der Waals surface area contributed by atoms with Gasteiger partial charge in [-0.2, -0.15) is 0 Å². The van der Waals surface area contributed by atoms with Gasteiger partial charge in [-0.25, -0.2) is 0 Å². The number of halogens is 1. The van der Waals surface area contributed by atoms with Gasteiger partial charge in [0.05, 0.1) is 26.4 Å². The van der Waals surface area contributed by atoms with Crippen LogP contribution in [0.2, 0.25) is 0 Å². The largest absolute Gasteiger partial charge is 0.394 e. The molecule has 0 fully saturated rings. The second-order valence-electron chi connectivity index (χ2n) is 1.23. The predicted octanol–water partition coefficient (Wildman–Crippen LogP) is -0.998. The van der Waals surface area contributed by atoms with Gasteiger partial charge in [0, 0.05) is 0 Å². The second kappa shape index (κ2) is 12.0. The molecule has 64 valence electrons. The number of hydrogen-bond donors (Lipinski definition) is 3. The van der Waals surface area contributed by atoms with Crippen LogP contribution in [-0.4, -0.2) is 36.6 Å². The maximum absolute atomic E-state index is 8.15. The van der Waals surface area contributed by atoms with E-state index in [1.54, 1.807) is 0 Å². The lowest BCUT2D eigenvalue weighted by Gasteiger charge is -2.01. The van der Waals surface area contributed by atoms with E-state index in [2.05, 4.69) is 15.3 Å². The van der Waals surface area contributed by atoms with Crippen LogP contribution in [0.1, 0.15) is 0 Å². The lowest BCUT2D eigenvalue weighted by molar-refractivity contribution is -0.178. The third-order valence-electron chi connectivity index (χ3n) is 0.505. The summed E-state index contributed by atoms with van der Waals surface area (Å²) < 4.78 is 0. The molecule has 0 saturated carbocycles. The maximum Gasteiger partial charge on any atom is 0.0940 e. The Morgan fingerprint density at radius 2 is 1.40 bits per heavy atom. The van der Waals surface area contributed by atoms with Gasteiger partial charge < -0.3 is 10.2 Å². The number of rotatable bonds is 6. The minimum absolute atomic E-state index is 0. The van der Waals surface area contributed by atoms with Crippen molar-refractivity contribution in [2.75, 3.05) is 26.4 Å². The average Bonchev–Trinajstić information content (AvgIpc) is 1.89. The molecule has 0 aromatic rings. The summed E-state index contributed by atoms with van der Waals surface area (Å²) >= 11 is 0. The van der Waals surface area contributed by atoms with Crippen LogP contribution in [0, 0.1) is 0 Å². The van der Waals surface area contributed by atoms with Crippen LogP contribution in [0.4, 0.5) is 0 Å². The van der Waals surface area contributed by atoms with Crippen molar-refractivity contribution >= 4 is 17.0 Å². The van der Waals surface area contributed by atoms with Crippen molar-refractivity contribution in [3.8, 4) is 0 Å². The highest BCUT2D eigenvalue weighted by Gasteiger charge is 1.83. The van der Waals surface area contributed by atoms with Crippen molar-refractivity contribution in [1.29, 1.82) is 0 Å². The number of aliphatic hydroxyl groups excluding tert-OH is 2. The van der Waals surface area contributed by atoms with E-state index in [9.17, 15) is 0 Å². The summed E-state index contributed by atoms with van der Waals surface area (Å²) in [6, 6.07) is 0. The SMILES string of the molecule is Br.OCCONOCCO. The molecule has 0 unspecified atom stereocenters. The summed E-state index contributed by atoms with van der Waals surface area (Å²) in [6.07, 6.45) is 0. The van der Waals surface area contributed by atoms with Gasteiger partial charge in [0.1, 0.15) is 0 Å². The van der Waals surface area contributed by atoms with E-state index in [-0.39, 0.29) is 43.4 Å². The first-order valence-corrected chi connectivity index (χ1v) is 2.62. The van der Waals surface area contributed by atoms with Crippen molar-refractivity contribution in [3.05, 3.63) is 0 Å². The lowest BCUT2D eigenvalue weighted by Crippen LogP contribution is -2.19. The third-order valence-corrected chi connectivity index (χ3v) is 0.505. The number of hydrogen-bond acceptors (Lipinski definition) is 5. The molecule has 0 aromatic carbocycles. The van der Waals surface area contributed by atoms with Gasteiger partial charge in [0.25, 0.3) is 0 Å². The molecule has 0 aliphatic heterocycles. The molecule has 0 aliphatic carbocycles. The summed E-state index contributed by atoms with van der Waals surface area (Å²) in [6.45, 7) is 0.224. The summed E-state index contributed by atoms with van der Waals surface area (Å²) in [5, 5.41) is 16.3. The van der Waals surface area contributed by atoms with Gasteiger partial charge >= 0.3 is 0 Å². The summed E-state index contributed by atoms with van der Waals surface area (Å²) in [5.74, 6) is 0. The summed E-state index contributed by atoms with van der Waals surface area (Å²) in [5.41, 5.74) is 2.07. The van der Waals surface area contributed by atoms with Crippen molar-refractivity contribution in [1.82, 2.24) is 5.64 Å². The average molecular weight is 218 g/mol. The molecule has 0 aromatic heterocycles. The first-order chi connectivity index (χ1) is 4.41. The van der Waals surface area contributed by atoms with Crippen molar-refractivity contribution in [2.45, 2.75) is 0 Å². The quantitative estimate of drug-likeness (QED) is 0.394. The summed E-state index contributed by atoms with van der Waals surface area (Å²) in [7, 11) is 0. The van der Waals surface area contributed by atoms with E-state index in [4.69, 9.17) is 10.2 Å². The molecule has 0 heterocycles. The molecule has 5 nitrogen and oxygen atoms in total. The van der Waals surface area contributed by atoms with Crippen LogP contribution in [0.3, 0.4) is 0 Å². The molecule has 3 N–H and O–H groups in total.